The lowest BCUT2D eigenvalue weighted by atomic mass is 9.86. The minimum absolute atomic E-state index is 0.120. The number of piperidine rings is 1. The van der Waals surface area contributed by atoms with Gasteiger partial charge in [0.2, 0.25) is 5.91 Å². The molecular formula is C28H42N4OS. The van der Waals surface area contributed by atoms with Gasteiger partial charge in [0.25, 0.3) is 0 Å². The highest BCUT2D eigenvalue weighted by Gasteiger charge is 2.33. The Morgan fingerprint density at radius 2 is 1.56 bits per heavy atom. The SMILES string of the molecule is C[C@@H](Sc1nnc(-c2ccc(C(C)(C)C)cc2)n1C1CCCCC1)C(=O)N1[C@@H](C)CCC[C@@H]1C. The van der Waals surface area contributed by atoms with Crippen LogP contribution in [0.2, 0.25) is 0 Å². The first kappa shape index (κ1) is 25.3. The van der Waals surface area contributed by atoms with Gasteiger partial charge >= 0.3 is 0 Å². The van der Waals surface area contributed by atoms with Crippen LogP contribution >= 0.6 is 11.8 Å². The Morgan fingerprint density at radius 3 is 2.15 bits per heavy atom. The van der Waals surface area contributed by atoms with Crippen LogP contribution in [0.5, 0.6) is 0 Å². The quantitative estimate of drug-likeness (QED) is 0.430. The van der Waals surface area contributed by atoms with Crippen molar-refractivity contribution in [3.63, 3.8) is 0 Å². The summed E-state index contributed by atoms with van der Waals surface area (Å²) < 4.78 is 2.35. The Balaban J connectivity index is 1.62. The molecule has 1 aromatic carbocycles. The van der Waals surface area contributed by atoms with Crippen molar-refractivity contribution in [1.29, 1.82) is 0 Å². The molecule has 0 bridgehead atoms. The molecule has 1 aromatic heterocycles. The largest absolute Gasteiger partial charge is 0.336 e. The molecule has 2 aromatic rings. The van der Waals surface area contributed by atoms with E-state index in [9.17, 15) is 4.79 Å². The zero-order valence-corrected chi connectivity index (χ0v) is 22.7. The van der Waals surface area contributed by atoms with Gasteiger partial charge in [0.05, 0.1) is 5.25 Å². The molecule has 3 atom stereocenters. The van der Waals surface area contributed by atoms with Crippen molar-refractivity contribution in [3.05, 3.63) is 29.8 Å². The van der Waals surface area contributed by atoms with Crippen LogP contribution in [-0.2, 0) is 10.2 Å². The summed E-state index contributed by atoms with van der Waals surface area (Å²) in [5.41, 5.74) is 2.54. The van der Waals surface area contributed by atoms with Crippen molar-refractivity contribution in [2.45, 2.75) is 127 Å². The summed E-state index contributed by atoms with van der Waals surface area (Å²) in [6, 6.07) is 9.83. The van der Waals surface area contributed by atoms with E-state index in [-0.39, 0.29) is 16.6 Å². The topological polar surface area (TPSA) is 51.0 Å². The van der Waals surface area contributed by atoms with Crippen LogP contribution < -0.4 is 0 Å². The molecule has 0 spiro atoms. The molecule has 2 heterocycles. The normalized spacial score (nSPS) is 23.2. The lowest BCUT2D eigenvalue weighted by molar-refractivity contribution is -0.136. The zero-order valence-electron chi connectivity index (χ0n) is 21.9. The highest BCUT2D eigenvalue weighted by molar-refractivity contribution is 8.00. The Kier molecular flexibility index (Phi) is 7.75. The third-order valence-electron chi connectivity index (χ3n) is 7.69. The van der Waals surface area contributed by atoms with Gasteiger partial charge in [-0.2, -0.15) is 0 Å². The number of likely N-dealkylation sites (tertiary alicyclic amines) is 1. The molecule has 6 heteroatoms. The molecule has 0 unspecified atom stereocenters. The predicted octanol–water partition coefficient (Wildman–Crippen LogP) is 7.02. The Bertz CT molecular complexity index is 961. The highest BCUT2D eigenvalue weighted by Crippen LogP contribution is 2.38. The molecule has 0 N–H and O–H groups in total. The number of rotatable bonds is 5. The monoisotopic (exact) mass is 482 g/mol. The van der Waals surface area contributed by atoms with Gasteiger partial charge in [0.1, 0.15) is 0 Å². The maximum atomic E-state index is 13.5. The standard InChI is InChI=1S/C28H42N4OS/c1-19-11-10-12-20(2)31(19)26(33)21(3)34-27-30-29-25(32(27)24-13-8-7-9-14-24)22-15-17-23(18-16-22)28(4,5)6/h15-21,24H,7-14H2,1-6H3/t19-,20-,21+/m0/s1. The zero-order chi connectivity index (χ0) is 24.5. The predicted molar refractivity (Wildman–Crippen MR) is 141 cm³/mol. The molecule has 186 valence electrons. The van der Waals surface area contributed by atoms with Gasteiger partial charge in [-0.05, 0) is 63.9 Å². The van der Waals surface area contributed by atoms with Crippen molar-refractivity contribution in [3.8, 4) is 11.4 Å². The second kappa shape index (κ2) is 10.4. The molecule has 1 amide bonds. The molecule has 4 rings (SSSR count). The summed E-state index contributed by atoms with van der Waals surface area (Å²) in [4.78, 5) is 15.6. The van der Waals surface area contributed by atoms with E-state index < -0.39 is 0 Å². The first-order chi connectivity index (χ1) is 16.2. The number of carbonyl (C=O) groups is 1. The molecule has 2 aliphatic rings. The van der Waals surface area contributed by atoms with Gasteiger partial charge in [-0.15, -0.1) is 10.2 Å². The van der Waals surface area contributed by atoms with Gasteiger partial charge in [-0.25, -0.2) is 0 Å². The van der Waals surface area contributed by atoms with Crippen LogP contribution in [0, 0.1) is 0 Å². The smallest absolute Gasteiger partial charge is 0.236 e. The van der Waals surface area contributed by atoms with E-state index in [4.69, 9.17) is 0 Å². The van der Waals surface area contributed by atoms with E-state index in [1.165, 1.54) is 31.2 Å². The second-order valence-corrected chi connectivity index (χ2v) is 12.7. The number of carbonyl (C=O) groups excluding carboxylic acids is 1. The molecule has 1 saturated carbocycles. The van der Waals surface area contributed by atoms with Crippen LogP contribution in [0.15, 0.2) is 29.4 Å². The number of benzene rings is 1. The third kappa shape index (κ3) is 5.37. The Morgan fingerprint density at radius 1 is 0.941 bits per heavy atom. The van der Waals surface area contributed by atoms with Crippen molar-refractivity contribution in [1.82, 2.24) is 19.7 Å². The van der Waals surface area contributed by atoms with Crippen LogP contribution in [0.1, 0.15) is 105 Å². The summed E-state index contributed by atoms with van der Waals surface area (Å²) in [5, 5.41) is 10.0. The van der Waals surface area contributed by atoms with Gasteiger partial charge in [0.15, 0.2) is 11.0 Å². The average Bonchev–Trinajstić information content (AvgIpc) is 3.22. The minimum atomic E-state index is -0.175. The van der Waals surface area contributed by atoms with Gasteiger partial charge in [-0.1, -0.05) is 76.1 Å². The number of aromatic nitrogens is 3. The van der Waals surface area contributed by atoms with Crippen molar-refractivity contribution in [2.75, 3.05) is 0 Å². The first-order valence-electron chi connectivity index (χ1n) is 13.2. The number of hydrogen-bond donors (Lipinski definition) is 0. The summed E-state index contributed by atoms with van der Waals surface area (Å²) in [5.74, 6) is 1.17. The Labute approximate surface area is 210 Å². The lowest BCUT2D eigenvalue weighted by Gasteiger charge is -2.40. The molecule has 1 saturated heterocycles. The van der Waals surface area contributed by atoms with E-state index in [1.54, 1.807) is 11.8 Å². The number of amides is 1. The molecule has 5 nitrogen and oxygen atoms in total. The van der Waals surface area contributed by atoms with Crippen LogP contribution in [0.4, 0.5) is 0 Å². The molecule has 1 aliphatic heterocycles. The fraction of sp³-hybridized carbons (Fsp3) is 0.679. The molecule has 34 heavy (non-hydrogen) atoms. The summed E-state index contributed by atoms with van der Waals surface area (Å²) in [6.07, 6.45) is 9.50. The summed E-state index contributed by atoms with van der Waals surface area (Å²) >= 11 is 1.59. The molecule has 2 fully saturated rings. The number of hydrogen-bond acceptors (Lipinski definition) is 4. The first-order valence-corrected chi connectivity index (χ1v) is 14.1. The van der Waals surface area contributed by atoms with Crippen LogP contribution in [-0.4, -0.2) is 42.9 Å². The van der Waals surface area contributed by atoms with Crippen molar-refractivity contribution in [2.24, 2.45) is 0 Å². The number of nitrogens with zero attached hydrogens (tertiary/aromatic N) is 4. The van der Waals surface area contributed by atoms with E-state index >= 15 is 0 Å². The van der Waals surface area contributed by atoms with E-state index in [0.717, 1.165) is 42.2 Å². The van der Waals surface area contributed by atoms with Gasteiger partial charge in [-0.3, -0.25) is 9.36 Å². The van der Waals surface area contributed by atoms with Gasteiger partial charge < -0.3 is 4.90 Å². The maximum absolute atomic E-state index is 13.5. The van der Waals surface area contributed by atoms with Crippen molar-refractivity contribution >= 4 is 17.7 Å². The number of thioether (sulfide) groups is 1. The highest BCUT2D eigenvalue weighted by atomic mass is 32.2. The summed E-state index contributed by atoms with van der Waals surface area (Å²) in [6.45, 7) is 13.1. The van der Waals surface area contributed by atoms with E-state index in [2.05, 4.69) is 78.5 Å². The average molecular weight is 483 g/mol. The van der Waals surface area contributed by atoms with Crippen LogP contribution in [0.25, 0.3) is 11.4 Å². The molecule has 0 radical (unpaired) electrons. The Hall–Kier alpha value is -1.82. The van der Waals surface area contributed by atoms with Crippen molar-refractivity contribution < 1.29 is 4.79 Å². The molecule has 1 aliphatic carbocycles. The third-order valence-corrected chi connectivity index (χ3v) is 8.74. The molecular weight excluding hydrogens is 440 g/mol. The summed E-state index contributed by atoms with van der Waals surface area (Å²) in [7, 11) is 0. The van der Waals surface area contributed by atoms with E-state index in [0.29, 0.717) is 18.1 Å². The fourth-order valence-electron chi connectivity index (χ4n) is 5.62. The van der Waals surface area contributed by atoms with Gasteiger partial charge in [0, 0.05) is 23.7 Å². The maximum Gasteiger partial charge on any atom is 0.236 e. The van der Waals surface area contributed by atoms with E-state index in [1.807, 2.05) is 6.92 Å². The lowest BCUT2D eigenvalue weighted by Crippen LogP contribution is -2.50. The fourth-order valence-corrected chi connectivity index (χ4v) is 6.59. The minimum Gasteiger partial charge on any atom is -0.336 e. The second-order valence-electron chi connectivity index (χ2n) is 11.4. The van der Waals surface area contributed by atoms with Crippen LogP contribution in [0.3, 0.4) is 0 Å².